The lowest BCUT2D eigenvalue weighted by molar-refractivity contribution is 0.0979. The number of nitrogens with one attached hydrogen (secondary N) is 1. The first-order chi connectivity index (χ1) is 13.8. The maximum Gasteiger partial charge on any atom is 0.257 e. The second kappa shape index (κ2) is 7.19. The third kappa shape index (κ3) is 3.17. The Morgan fingerprint density at radius 3 is 2.10 bits per heavy atom. The van der Waals surface area contributed by atoms with Crippen LogP contribution in [0.2, 0.25) is 15.1 Å². The summed E-state index contributed by atoms with van der Waals surface area (Å²) in [6, 6.07) is 12.2. The van der Waals surface area contributed by atoms with Crippen molar-refractivity contribution in [2.24, 2.45) is 0 Å². The normalized spacial score (nSPS) is 12.4. The quantitative estimate of drug-likeness (QED) is 0.412. The molecular formula is C21H11Cl3N2O3. The third-order valence-corrected chi connectivity index (χ3v) is 5.49. The number of amides is 1. The van der Waals surface area contributed by atoms with E-state index in [0.717, 1.165) is 0 Å². The zero-order valence-corrected chi connectivity index (χ0v) is 16.8. The largest absolute Gasteiger partial charge is 0.397 e. The zero-order chi connectivity index (χ0) is 20.9. The van der Waals surface area contributed by atoms with E-state index >= 15 is 0 Å². The van der Waals surface area contributed by atoms with E-state index in [1.54, 1.807) is 30.3 Å². The number of carbonyl (C=O) groups excluding carboxylic acids is 3. The molecule has 4 rings (SSSR count). The van der Waals surface area contributed by atoms with Gasteiger partial charge >= 0.3 is 0 Å². The lowest BCUT2D eigenvalue weighted by Gasteiger charge is -2.22. The molecule has 29 heavy (non-hydrogen) atoms. The lowest BCUT2D eigenvalue weighted by atomic mass is 9.82. The number of nitrogens with two attached hydrogens (primary N) is 1. The van der Waals surface area contributed by atoms with Crippen LogP contribution in [-0.4, -0.2) is 17.5 Å². The van der Waals surface area contributed by atoms with Gasteiger partial charge in [-0.05, 0) is 24.3 Å². The second-order valence-electron chi connectivity index (χ2n) is 6.35. The number of nitrogen functional groups attached to an aromatic ring is 1. The highest BCUT2D eigenvalue weighted by Gasteiger charge is 2.35. The highest BCUT2D eigenvalue weighted by atomic mass is 35.5. The molecule has 0 bridgehead atoms. The molecule has 0 saturated carbocycles. The van der Waals surface area contributed by atoms with Crippen LogP contribution < -0.4 is 11.1 Å². The van der Waals surface area contributed by atoms with Crippen molar-refractivity contribution >= 4 is 63.7 Å². The van der Waals surface area contributed by atoms with E-state index in [4.69, 9.17) is 40.5 Å². The van der Waals surface area contributed by atoms with E-state index in [2.05, 4.69) is 5.32 Å². The molecule has 5 nitrogen and oxygen atoms in total. The van der Waals surface area contributed by atoms with Gasteiger partial charge in [-0.25, -0.2) is 0 Å². The summed E-state index contributed by atoms with van der Waals surface area (Å²) in [5.41, 5.74) is 6.57. The number of ketones is 2. The average Bonchev–Trinajstić information content (AvgIpc) is 2.70. The summed E-state index contributed by atoms with van der Waals surface area (Å²) in [6.45, 7) is 0. The van der Waals surface area contributed by atoms with E-state index in [0.29, 0.717) is 5.02 Å². The molecule has 8 heteroatoms. The summed E-state index contributed by atoms with van der Waals surface area (Å²) in [5.74, 6) is -1.49. The maximum absolute atomic E-state index is 13.1. The van der Waals surface area contributed by atoms with Crippen molar-refractivity contribution in [3.8, 4) is 0 Å². The molecule has 3 aromatic rings. The van der Waals surface area contributed by atoms with Gasteiger partial charge in [-0.2, -0.15) is 0 Å². The second-order valence-corrected chi connectivity index (χ2v) is 7.60. The van der Waals surface area contributed by atoms with Crippen molar-refractivity contribution < 1.29 is 14.4 Å². The van der Waals surface area contributed by atoms with Crippen LogP contribution in [0.4, 0.5) is 11.4 Å². The minimum Gasteiger partial charge on any atom is -0.397 e. The minimum atomic E-state index is -0.611. The molecule has 3 N–H and O–H groups in total. The first kappa shape index (κ1) is 19.5. The fourth-order valence-corrected chi connectivity index (χ4v) is 3.82. The molecule has 1 amide bonds. The number of hydrogen-bond donors (Lipinski definition) is 2. The van der Waals surface area contributed by atoms with E-state index in [9.17, 15) is 14.4 Å². The topological polar surface area (TPSA) is 89.3 Å². The molecule has 3 aromatic carbocycles. The van der Waals surface area contributed by atoms with Crippen molar-refractivity contribution in [1.29, 1.82) is 0 Å². The summed E-state index contributed by atoms with van der Waals surface area (Å²) in [7, 11) is 0. The number of benzene rings is 3. The molecule has 144 valence electrons. The number of anilines is 2. The average molecular weight is 446 g/mol. The fourth-order valence-electron chi connectivity index (χ4n) is 3.25. The molecule has 0 saturated heterocycles. The predicted octanol–water partition coefficient (Wildman–Crippen LogP) is 5.26. The van der Waals surface area contributed by atoms with Crippen LogP contribution in [0.15, 0.2) is 48.5 Å². The van der Waals surface area contributed by atoms with Gasteiger partial charge < -0.3 is 11.1 Å². The van der Waals surface area contributed by atoms with Gasteiger partial charge in [-0.15, -0.1) is 0 Å². The van der Waals surface area contributed by atoms with E-state index < -0.39 is 17.5 Å². The van der Waals surface area contributed by atoms with Crippen LogP contribution in [-0.2, 0) is 0 Å². The monoisotopic (exact) mass is 444 g/mol. The smallest absolute Gasteiger partial charge is 0.257 e. The molecule has 1 aliphatic carbocycles. The van der Waals surface area contributed by atoms with E-state index in [1.165, 1.54) is 18.2 Å². The fraction of sp³-hybridized carbons (Fsp3) is 0. The first-order valence-corrected chi connectivity index (χ1v) is 9.49. The van der Waals surface area contributed by atoms with Crippen molar-refractivity contribution in [2.75, 3.05) is 11.1 Å². The van der Waals surface area contributed by atoms with Gasteiger partial charge in [0.2, 0.25) is 0 Å². The van der Waals surface area contributed by atoms with Crippen molar-refractivity contribution in [3.05, 3.63) is 91.4 Å². The summed E-state index contributed by atoms with van der Waals surface area (Å²) < 4.78 is 0. The van der Waals surface area contributed by atoms with Crippen molar-refractivity contribution in [1.82, 2.24) is 0 Å². The predicted molar refractivity (Wildman–Crippen MR) is 114 cm³/mol. The summed E-state index contributed by atoms with van der Waals surface area (Å²) in [4.78, 5) is 38.9. The Labute approximate surface area is 180 Å². The Hall–Kier alpha value is -2.86. The summed E-state index contributed by atoms with van der Waals surface area (Å²) in [5, 5.41) is 3.14. The summed E-state index contributed by atoms with van der Waals surface area (Å²) in [6.07, 6.45) is 0. The van der Waals surface area contributed by atoms with Crippen LogP contribution in [0.3, 0.4) is 0 Å². The molecule has 1 aliphatic rings. The van der Waals surface area contributed by atoms with Gasteiger partial charge in [0.15, 0.2) is 11.6 Å². The number of halogens is 3. The van der Waals surface area contributed by atoms with E-state index in [-0.39, 0.29) is 49.2 Å². The molecule has 0 heterocycles. The number of fused-ring (bicyclic) bond motifs is 2. The van der Waals surface area contributed by atoms with Gasteiger partial charge in [0.05, 0.1) is 38.1 Å². The Morgan fingerprint density at radius 2 is 1.45 bits per heavy atom. The third-order valence-electron chi connectivity index (χ3n) is 4.61. The number of rotatable bonds is 2. The van der Waals surface area contributed by atoms with Gasteiger partial charge in [0.1, 0.15) is 0 Å². The minimum absolute atomic E-state index is 0.0119. The highest BCUT2D eigenvalue weighted by molar-refractivity contribution is 6.39. The van der Waals surface area contributed by atoms with E-state index in [1.807, 2.05) is 0 Å². The lowest BCUT2D eigenvalue weighted by Crippen LogP contribution is -2.25. The molecule has 0 aromatic heterocycles. The summed E-state index contributed by atoms with van der Waals surface area (Å²) >= 11 is 18.2. The Kier molecular flexibility index (Phi) is 4.82. The van der Waals surface area contributed by atoms with Gasteiger partial charge in [-0.3, -0.25) is 14.4 Å². The Bertz CT molecular complexity index is 1240. The Balaban J connectivity index is 1.87. The highest BCUT2D eigenvalue weighted by Crippen LogP contribution is 2.39. The molecule has 0 radical (unpaired) electrons. The maximum atomic E-state index is 13.1. The van der Waals surface area contributed by atoms with Crippen LogP contribution >= 0.6 is 34.8 Å². The molecule has 0 unspecified atom stereocenters. The van der Waals surface area contributed by atoms with Crippen molar-refractivity contribution in [2.45, 2.75) is 0 Å². The SMILES string of the molecule is Nc1c(Cl)cc(NC(=O)c2cc(Cl)ccc2Cl)c2c1C(=O)c1ccccc1C2=O. The van der Waals surface area contributed by atoms with Crippen molar-refractivity contribution in [3.63, 3.8) is 0 Å². The molecule has 0 spiro atoms. The van der Waals surface area contributed by atoms with Crippen LogP contribution in [0.25, 0.3) is 0 Å². The molecular weight excluding hydrogens is 435 g/mol. The van der Waals surface area contributed by atoms with Crippen LogP contribution in [0, 0.1) is 0 Å². The molecule has 0 atom stereocenters. The van der Waals surface area contributed by atoms with Crippen LogP contribution in [0.5, 0.6) is 0 Å². The number of hydrogen-bond acceptors (Lipinski definition) is 4. The zero-order valence-electron chi connectivity index (χ0n) is 14.6. The number of carbonyl (C=O) groups is 3. The standard InChI is InChI=1S/C21H11Cl3N2O3/c22-9-5-6-13(23)12(7-9)21(29)26-15-8-14(24)18(25)17-16(15)19(27)10-3-1-2-4-11(10)20(17)28/h1-8H,25H2,(H,26,29). The van der Waals surface area contributed by atoms with Gasteiger partial charge in [-0.1, -0.05) is 59.1 Å². The molecule has 0 aliphatic heterocycles. The molecule has 0 fully saturated rings. The Morgan fingerprint density at radius 1 is 0.828 bits per heavy atom. The van der Waals surface area contributed by atoms with Gasteiger partial charge in [0, 0.05) is 16.1 Å². The van der Waals surface area contributed by atoms with Gasteiger partial charge in [0.25, 0.3) is 5.91 Å². The first-order valence-electron chi connectivity index (χ1n) is 8.36. The van der Waals surface area contributed by atoms with Crippen LogP contribution in [0.1, 0.15) is 42.2 Å².